The fraction of sp³-hybridized carbons (Fsp3) is 0.250. The van der Waals surface area contributed by atoms with Gasteiger partial charge in [-0.15, -0.1) is 0 Å². The van der Waals surface area contributed by atoms with E-state index in [1.807, 2.05) is 24.3 Å². The highest BCUT2D eigenvalue weighted by Gasteiger charge is 2.21. The van der Waals surface area contributed by atoms with Crippen molar-refractivity contribution in [1.82, 2.24) is 0 Å². The van der Waals surface area contributed by atoms with E-state index in [4.69, 9.17) is 17.3 Å². The third-order valence-corrected chi connectivity index (χ3v) is 3.45. The third kappa shape index (κ3) is 3.12. The van der Waals surface area contributed by atoms with Crippen LogP contribution in [0.3, 0.4) is 0 Å². The summed E-state index contributed by atoms with van der Waals surface area (Å²) in [4.78, 5) is 0. The number of nitrogens with two attached hydrogens (primary N) is 1. The summed E-state index contributed by atoms with van der Waals surface area (Å²) in [6.45, 7) is 4.14. The molecule has 2 aromatic rings. The molecule has 1 nitrogen and oxygen atoms in total. The average molecular weight is 260 g/mol. The predicted molar refractivity (Wildman–Crippen MR) is 77.9 cm³/mol. The molecule has 0 bridgehead atoms. The van der Waals surface area contributed by atoms with Crippen LogP contribution >= 0.6 is 11.6 Å². The Morgan fingerprint density at radius 1 is 1.00 bits per heavy atom. The molecular weight excluding hydrogens is 242 g/mol. The van der Waals surface area contributed by atoms with E-state index < -0.39 is 0 Å². The molecule has 0 aliphatic rings. The van der Waals surface area contributed by atoms with E-state index in [1.165, 1.54) is 11.1 Å². The highest BCUT2D eigenvalue weighted by molar-refractivity contribution is 6.30. The van der Waals surface area contributed by atoms with E-state index in [0.29, 0.717) is 0 Å². The Morgan fingerprint density at radius 3 is 2.11 bits per heavy atom. The quantitative estimate of drug-likeness (QED) is 0.884. The molecule has 0 saturated heterocycles. The first-order valence-corrected chi connectivity index (χ1v) is 6.46. The molecule has 1 unspecified atom stereocenters. The largest absolute Gasteiger partial charge is 0.321 e. The average Bonchev–Trinajstić information content (AvgIpc) is 2.32. The van der Waals surface area contributed by atoms with Gasteiger partial charge in [0.25, 0.3) is 0 Å². The topological polar surface area (TPSA) is 26.0 Å². The maximum absolute atomic E-state index is 6.42. The van der Waals surface area contributed by atoms with Crippen molar-refractivity contribution in [3.63, 3.8) is 0 Å². The zero-order valence-corrected chi connectivity index (χ0v) is 11.5. The van der Waals surface area contributed by atoms with Crippen molar-refractivity contribution in [2.75, 3.05) is 0 Å². The van der Waals surface area contributed by atoms with E-state index >= 15 is 0 Å². The van der Waals surface area contributed by atoms with Crippen molar-refractivity contribution in [3.05, 3.63) is 70.2 Å². The summed E-state index contributed by atoms with van der Waals surface area (Å²) in [7, 11) is 0. The van der Waals surface area contributed by atoms with Gasteiger partial charge in [0.05, 0.1) is 0 Å². The van der Waals surface area contributed by atoms with Gasteiger partial charge in [-0.1, -0.05) is 53.6 Å². The molecule has 0 heterocycles. The first-order valence-electron chi connectivity index (χ1n) is 6.08. The molecule has 2 N–H and O–H groups in total. The molecule has 2 aromatic carbocycles. The fourth-order valence-corrected chi connectivity index (χ4v) is 2.19. The van der Waals surface area contributed by atoms with E-state index in [1.54, 1.807) is 0 Å². The molecule has 2 heteroatoms. The van der Waals surface area contributed by atoms with Crippen LogP contribution in [-0.4, -0.2) is 0 Å². The second-order valence-corrected chi connectivity index (χ2v) is 5.52. The van der Waals surface area contributed by atoms with E-state index in [0.717, 1.165) is 17.0 Å². The Hall–Kier alpha value is -1.31. The molecule has 0 aromatic heterocycles. The van der Waals surface area contributed by atoms with Crippen LogP contribution in [0.2, 0.25) is 5.02 Å². The van der Waals surface area contributed by atoms with E-state index in [-0.39, 0.29) is 5.54 Å². The standard InChI is InChI=1S/C16H18ClN/c1-12-3-5-13(6-4-12)11-16(2,18)14-7-9-15(17)10-8-14/h3-10H,11,18H2,1-2H3. The van der Waals surface area contributed by atoms with Gasteiger partial charge < -0.3 is 5.73 Å². The SMILES string of the molecule is Cc1ccc(CC(C)(N)c2ccc(Cl)cc2)cc1. The van der Waals surface area contributed by atoms with Gasteiger partial charge >= 0.3 is 0 Å². The maximum Gasteiger partial charge on any atom is 0.0421 e. The van der Waals surface area contributed by atoms with Gasteiger partial charge in [0, 0.05) is 10.6 Å². The molecule has 0 aliphatic carbocycles. The number of hydrogen-bond acceptors (Lipinski definition) is 1. The number of hydrogen-bond donors (Lipinski definition) is 1. The van der Waals surface area contributed by atoms with Gasteiger partial charge in [0.2, 0.25) is 0 Å². The van der Waals surface area contributed by atoms with Gasteiger partial charge in [-0.05, 0) is 43.5 Å². The monoisotopic (exact) mass is 259 g/mol. The van der Waals surface area contributed by atoms with Crippen LogP contribution in [0.4, 0.5) is 0 Å². The minimum Gasteiger partial charge on any atom is -0.321 e. The molecule has 94 valence electrons. The smallest absolute Gasteiger partial charge is 0.0421 e. The highest BCUT2D eigenvalue weighted by Crippen LogP contribution is 2.24. The Balaban J connectivity index is 2.20. The Labute approximate surface area is 114 Å². The second kappa shape index (κ2) is 5.13. The Morgan fingerprint density at radius 2 is 1.56 bits per heavy atom. The lowest BCUT2D eigenvalue weighted by molar-refractivity contribution is 0.491. The molecule has 0 amide bonds. The first kappa shape index (κ1) is 13.1. The summed E-state index contributed by atoms with van der Waals surface area (Å²) in [5.41, 5.74) is 9.66. The van der Waals surface area contributed by atoms with Gasteiger partial charge in [-0.25, -0.2) is 0 Å². The lowest BCUT2D eigenvalue weighted by Gasteiger charge is -2.25. The van der Waals surface area contributed by atoms with Crippen LogP contribution in [0.25, 0.3) is 0 Å². The molecular formula is C16H18ClN. The molecule has 18 heavy (non-hydrogen) atoms. The highest BCUT2D eigenvalue weighted by atomic mass is 35.5. The fourth-order valence-electron chi connectivity index (χ4n) is 2.06. The van der Waals surface area contributed by atoms with Crippen LogP contribution in [0, 0.1) is 6.92 Å². The Kier molecular flexibility index (Phi) is 3.74. The minimum absolute atomic E-state index is 0.375. The van der Waals surface area contributed by atoms with E-state index in [2.05, 4.69) is 38.1 Å². The van der Waals surface area contributed by atoms with E-state index in [9.17, 15) is 0 Å². The lowest BCUT2D eigenvalue weighted by atomic mass is 9.86. The van der Waals surface area contributed by atoms with Crippen molar-refractivity contribution in [2.45, 2.75) is 25.8 Å². The van der Waals surface area contributed by atoms with Gasteiger partial charge in [-0.2, -0.15) is 0 Å². The van der Waals surface area contributed by atoms with Crippen LogP contribution in [-0.2, 0) is 12.0 Å². The van der Waals surface area contributed by atoms with Crippen LogP contribution in [0.1, 0.15) is 23.6 Å². The third-order valence-electron chi connectivity index (χ3n) is 3.20. The van der Waals surface area contributed by atoms with Crippen molar-refractivity contribution in [1.29, 1.82) is 0 Å². The number of halogens is 1. The molecule has 0 saturated carbocycles. The molecule has 2 rings (SSSR count). The molecule has 0 aliphatic heterocycles. The molecule has 0 fully saturated rings. The minimum atomic E-state index is -0.375. The Bertz CT molecular complexity index is 512. The van der Waals surface area contributed by atoms with Crippen LogP contribution < -0.4 is 5.73 Å². The molecule has 0 spiro atoms. The van der Waals surface area contributed by atoms with Gasteiger partial charge in [-0.3, -0.25) is 0 Å². The summed E-state index contributed by atoms with van der Waals surface area (Å²) in [5, 5.41) is 0.741. The van der Waals surface area contributed by atoms with Gasteiger partial charge in [0.1, 0.15) is 0 Å². The lowest BCUT2D eigenvalue weighted by Crippen LogP contribution is -2.35. The zero-order chi connectivity index (χ0) is 13.2. The summed E-state index contributed by atoms with van der Waals surface area (Å²) in [5.74, 6) is 0. The first-order chi connectivity index (χ1) is 8.47. The zero-order valence-electron chi connectivity index (χ0n) is 10.8. The van der Waals surface area contributed by atoms with Crippen LogP contribution in [0.5, 0.6) is 0 Å². The van der Waals surface area contributed by atoms with Crippen molar-refractivity contribution in [3.8, 4) is 0 Å². The summed E-state index contributed by atoms with van der Waals surface area (Å²) in [6.07, 6.45) is 0.814. The normalized spacial score (nSPS) is 14.2. The van der Waals surface area contributed by atoms with Crippen molar-refractivity contribution < 1.29 is 0 Å². The van der Waals surface area contributed by atoms with Crippen molar-refractivity contribution >= 4 is 11.6 Å². The predicted octanol–water partition coefficient (Wildman–Crippen LogP) is 4.07. The molecule has 1 atom stereocenters. The summed E-state index contributed by atoms with van der Waals surface area (Å²) < 4.78 is 0. The summed E-state index contributed by atoms with van der Waals surface area (Å²) in [6, 6.07) is 16.3. The van der Waals surface area contributed by atoms with Crippen LogP contribution in [0.15, 0.2) is 48.5 Å². The molecule has 0 radical (unpaired) electrons. The summed E-state index contributed by atoms with van der Waals surface area (Å²) >= 11 is 5.90. The van der Waals surface area contributed by atoms with Gasteiger partial charge in [0.15, 0.2) is 0 Å². The second-order valence-electron chi connectivity index (χ2n) is 5.09. The number of benzene rings is 2. The number of aryl methyl sites for hydroxylation is 1. The maximum atomic E-state index is 6.42. The van der Waals surface area contributed by atoms with Crippen molar-refractivity contribution in [2.24, 2.45) is 5.73 Å². The number of rotatable bonds is 3.